The number of hydrogen-bond acceptors (Lipinski definition) is 7. The topological polar surface area (TPSA) is 116 Å². The highest BCUT2D eigenvalue weighted by atomic mass is 35.5. The number of rotatable bonds is 6. The number of nitro benzene ring substituents is 1. The van der Waals surface area contributed by atoms with E-state index in [-0.39, 0.29) is 34.0 Å². The van der Waals surface area contributed by atoms with Crippen molar-refractivity contribution >= 4 is 46.9 Å². The molecule has 0 unspecified atom stereocenters. The van der Waals surface area contributed by atoms with Gasteiger partial charge in [-0.05, 0) is 50.3 Å². The maximum atomic E-state index is 13.3. The second-order valence-corrected chi connectivity index (χ2v) is 7.29. The molecule has 0 aliphatic carbocycles. The third-order valence-corrected chi connectivity index (χ3v) is 5.26. The van der Waals surface area contributed by atoms with E-state index in [9.17, 15) is 24.5 Å². The van der Waals surface area contributed by atoms with E-state index < -0.39 is 22.8 Å². The van der Waals surface area contributed by atoms with Crippen LogP contribution >= 0.6 is 11.6 Å². The standard InChI is InChI=1S/C23H19ClN2O7/c1-4-33-22(28)14-5-7-16(8-6-14)25-13(2)20(23(29)32-3)18(21(25)27)12-15-11-17(26(30)31)9-10-19(15)24/h5-12H,4H2,1-3H3/b18-12-. The van der Waals surface area contributed by atoms with Crippen LogP contribution in [0.15, 0.2) is 59.3 Å². The summed E-state index contributed by atoms with van der Waals surface area (Å²) in [5, 5.41) is 11.3. The van der Waals surface area contributed by atoms with E-state index in [2.05, 4.69) is 0 Å². The van der Waals surface area contributed by atoms with Crippen LogP contribution < -0.4 is 4.90 Å². The minimum Gasteiger partial charge on any atom is -0.465 e. The lowest BCUT2D eigenvalue weighted by Gasteiger charge is -2.18. The van der Waals surface area contributed by atoms with Crippen molar-refractivity contribution in [2.75, 3.05) is 18.6 Å². The van der Waals surface area contributed by atoms with Crippen molar-refractivity contribution in [3.05, 3.63) is 85.6 Å². The Morgan fingerprint density at radius 1 is 1.15 bits per heavy atom. The molecule has 1 aliphatic heterocycles. The van der Waals surface area contributed by atoms with Gasteiger partial charge in [0.15, 0.2) is 0 Å². The molecular weight excluding hydrogens is 452 g/mol. The Morgan fingerprint density at radius 2 is 1.82 bits per heavy atom. The van der Waals surface area contributed by atoms with Gasteiger partial charge in [-0.25, -0.2) is 9.59 Å². The maximum absolute atomic E-state index is 13.3. The molecular formula is C23H19ClN2O7. The van der Waals surface area contributed by atoms with Crippen LogP contribution in [0.1, 0.15) is 29.8 Å². The summed E-state index contributed by atoms with van der Waals surface area (Å²) < 4.78 is 9.82. The minimum absolute atomic E-state index is 0.000424. The summed E-state index contributed by atoms with van der Waals surface area (Å²) in [7, 11) is 1.18. The Hall–Kier alpha value is -3.98. The van der Waals surface area contributed by atoms with Gasteiger partial charge in [0.05, 0.1) is 35.3 Å². The lowest BCUT2D eigenvalue weighted by molar-refractivity contribution is -0.384. The maximum Gasteiger partial charge on any atom is 0.340 e. The first-order valence-electron chi connectivity index (χ1n) is 9.76. The van der Waals surface area contributed by atoms with Crippen LogP contribution in [0.5, 0.6) is 0 Å². The van der Waals surface area contributed by atoms with E-state index in [0.29, 0.717) is 16.9 Å². The van der Waals surface area contributed by atoms with Crippen LogP contribution in [0.4, 0.5) is 11.4 Å². The molecule has 1 heterocycles. The summed E-state index contributed by atoms with van der Waals surface area (Å²) in [5.41, 5.74) is 0.951. The number of allylic oxidation sites excluding steroid dienone is 1. The molecule has 1 amide bonds. The molecule has 170 valence electrons. The summed E-state index contributed by atoms with van der Waals surface area (Å²) in [6.45, 7) is 3.49. The SMILES string of the molecule is CCOC(=O)c1ccc(N2C(=O)/C(=C\c3cc([N+](=O)[O-])ccc3Cl)C(C(=O)OC)=C2C)cc1. The van der Waals surface area contributed by atoms with Gasteiger partial charge in [-0.15, -0.1) is 0 Å². The van der Waals surface area contributed by atoms with E-state index in [0.717, 1.165) is 0 Å². The molecule has 0 radical (unpaired) electrons. The van der Waals surface area contributed by atoms with Crippen LogP contribution in [0.2, 0.25) is 5.02 Å². The number of methoxy groups -OCH3 is 1. The van der Waals surface area contributed by atoms with E-state index in [1.165, 1.54) is 48.4 Å². The van der Waals surface area contributed by atoms with Crippen LogP contribution in [0.25, 0.3) is 6.08 Å². The number of nitro groups is 1. The Kier molecular flexibility index (Phi) is 6.93. The smallest absolute Gasteiger partial charge is 0.340 e. The first-order valence-corrected chi connectivity index (χ1v) is 10.1. The highest BCUT2D eigenvalue weighted by molar-refractivity contribution is 6.32. The van der Waals surface area contributed by atoms with Crippen LogP contribution in [0.3, 0.4) is 0 Å². The van der Waals surface area contributed by atoms with Gasteiger partial charge in [-0.2, -0.15) is 0 Å². The Labute approximate surface area is 194 Å². The zero-order valence-electron chi connectivity index (χ0n) is 18.0. The molecule has 9 nitrogen and oxygen atoms in total. The van der Waals surface area contributed by atoms with Crippen molar-refractivity contribution in [1.82, 2.24) is 0 Å². The molecule has 0 spiro atoms. The van der Waals surface area contributed by atoms with Gasteiger partial charge in [-0.1, -0.05) is 11.6 Å². The fourth-order valence-corrected chi connectivity index (χ4v) is 3.53. The molecule has 0 atom stereocenters. The highest BCUT2D eigenvalue weighted by Crippen LogP contribution is 2.36. The molecule has 3 rings (SSSR count). The molecule has 10 heteroatoms. The Morgan fingerprint density at radius 3 is 2.39 bits per heavy atom. The normalized spacial score (nSPS) is 14.6. The van der Waals surface area contributed by atoms with Crippen molar-refractivity contribution in [3.63, 3.8) is 0 Å². The zero-order valence-corrected chi connectivity index (χ0v) is 18.7. The van der Waals surface area contributed by atoms with E-state index in [1.807, 2.05) is 0 Å². The number of carbonyl (C=O) groups excluding carboxylic acids is 3. The molecule has 2 aromatic rings. The van der Waals surface area contributed by atoms with Crippen molar-refractivity contribution in [3.8, 4) is 0 Å². The second-order valence-electron chi connectivity index (χ2n) is 6.88. The molecule has 0 N–H and O–H groups in total. The quantitative estimate of drug-likeness (QED) is 0.267. The van der Waals surface area contributed by atoms with Gasteiger partial charge in [0.2, 0.25) is 0 Å². The third-order valence-electron chi connectivity index (χ3n) is 4.92. The van der Waals surface area contributed by atoms with Crippen molar-refractivity contribution in [2.45, 2.75) is 13.8 Å². The van der Waals surface area contributed by atoms with Gasteiger partial charge >= 0.3 is 11.9 Å². The molecule has 2 aromatic carbocycles. The number of ether oxygens (including phenoxy) is 2. The third kappa shape index (κ3) is 4.63. The Bertz CT molecular complexity index is 1220. The fourth-order valence-electron chi connectivity index (χ4n) is 3.36. The first kappa shape index (κ1) is 23.7. The summed E-state index contributed by atoms with van der Waals surface area (Å²) >= 11 is 6.18. The monoisotopic (exact) mass is 470 g/mol. The summed E-state index contributed by atoms with van der Waals surface area (Å²) in [4.78, 5) is 49.6. The molecule has 0 fully saturated rings. The molecule has 1 aliphatic rings. The summed E-state index contributed by atoms with van der Waals surface area (Å²) in [5.74, 6) is -1.81. The molecule has 0 aromatic heterocycles. The average Bonchev–Trinajstić information content (AvgIpc) is 3.04. The number of halogens is 1. The number of anilines is 1. The van der Waals surface area contributed by atoms with Gasteiger partial charge < -0.3 is 9.47 Å². The largest absolute Gasteiger partial charge is 0.465 e. The zero-order chi connectivity index (χ0) is 24.3. The molecule has 0 bridgehead atoms. The van der Waals surface area contributed by atoms with E-state index in [4.69, 9.17) is 21.1 Å². The number of benzene rings is 2. The average molecular weight is 471 g/mol. The minimum atomic E-state index is -0.751. The lowest BCUT2D eigenvalue weighted by atomic mass is 10.0. The van der Waals surface area contributed by atoms with Crippen LogP contribution in [0, 0.1) is 10.1 Å². The van der Waals surface area contributed by atoms with Crippen LogP contribution in [-0.4, -0.2) is 36.5 Å². The van der Waals surface area contributed by atoms with Crippen molar-refractivity contribution < 1.29 is 28.8 Å². The number of amides is 1. The Balaban J connectivity index is 2.09. The van der Waals surface area contributed by atoms with Crippen LogP contribution in [-0.2, 0) is 19.1 Å². The molecule has 0 saturated carbocycles. The van der Waals surface area contributed by atoms with Gasteiger partial charge in [0.25, 0.3) is 11.6 Å². The predicted molar refractivity (Wildman–Crippen MR) is 121 cm³/mol. The molecule has 0 saturated heterocycles. The number of carbonyl (C=O) groups is 3. The van der Waals surface area contributed by atoms with Crippen molar-refractivity contribution in [2.24, 2.45) is 0 Å². The van der Waals surface area contributed by atoms with Gasteiger partial charge in [0, 0.05) is 34.1 Å². The highest BCUT2D eigenvalue weighted by Gasteiger charge is 2.38. The molecule has 33 heavy (non-hydrogen) atoms. The van der Waals surface area contributed by atoms with Gasteiger partial charge in [0.1, 0.15) is 0 Å². The number of nitrogens with zero attached hydrogens (tertiary/aromatic N) is 2. The number of hydrogen-bond donors (Lipinski definition) is 0. The van der Waals surface area contributed by atoms with Crippen molar-refractivity contribution in [1.29, 1.82) is 0 Å². The summed E-state index contributed by atoms with van der Waals surface area (Å²) in [6.07, 6.45) is 1.32. The predicted octanol–water partition coefficient (Wildman–Crippen LogP) is 4.30. The van der Waals surface area contributed by atoms with E-state index in [1.54, 1.807) is 26.0 Å². The number of esters is 2. The number of non-ortho nitro benzene ring substituents is 1. The fraction of sp³-hybridized carbons (Fsp3) is 0.174. The van der Waals surface area contributed by atoms with E-state index >= 15 is 0 Å². The van der Waals surface area contributed by atoms with Gasteiger partial charge in [-0.3, -0.25) is 19.8 Å². The summed E-state index contributed by atoms with van der Waals surface area (Å²) in [6, 6.07) is 9.89. The lowest BCUT2D eigenvalue weighted by Crippen LogP contribution is -2.24. The second kappa shape index (κ2) is 9.66. The first-order chi connectivity index (χ1) is 15.7.